The van der Waals surface area contributed by atoms with Gasteiger partial charge in [-0.05, 0) is 25.0 Å². The average Bonchev–Trinajstić information content (AvgIpc) is 2.81. The fourth-order valence-corrected chi connectivity index (χ4v) is 2.34. The van der Waals surface area contributed by atoms with Crippen LogP contribution in [0.5, 0.6) is 5.75 Å². The van der Waals surface area contributed by atoms with E-state index in [1.165, 1.54) is 5.56 Å². The minimum absolute atomic E-state index is 0.299. The Hall–Kier alpha value is -1.48. The average molecular weight is 231 g/mol. The van der Waals surface area contributed by atoms with Crippen molar-refractivity contribution in [2.24, 2.45) is 0 Å². The maximum Gasteiger partial charge on any atom is 0.124 e. The highest BCUT2D eigenvalue weighted by molar-refractivity contribution is 5.39. The van der Waals surface area contributed by atoms with Crippen LogP contribution in [0.15, 0.2) is 36.6 Å². The van der Waals surface area contributed by atoms with Crippen LogP contribution >= 0.6 is 0 Å². The molecule has 0 aliphatic carbocycles. The van der Waals surface area contributed by atoms with E-state index in [0.717, 1.165) is 31.7 Å². The molecule has 3 nitrogen and oxygen atoms in total. The molecule has 90 valence electrons. The van der Waals surface area contributed by atoms with Crippen LogP contribution in [0.4, 0.5) is 0 Å². The van der Waals surface area contributed by atoms with Gasteiger partial charge < -0.3 is 14.8 Å². The van der Waals surface area contributed by atoms with Gasteiger partial charge in [0.25, 0.3) is 0 Å². The van der Waals surface area contributed by atoms with Gasteiger partial charge in [-0.15, -0.1) is 0 Å². The Bertz CT molecular complexity index is 416. The Morgan fingerprint density at radius 2 is 2.24 bits per heavy atom. The third-order valence-electron chi connectivity index (χ3n) is 3.31. The minimum atomic E-state index is 0.299. The fourth-order valence-electron chi connectivity index (χ4n) is 2.34. The third kappa shape index (κ3) is 2.29. The van der Waals surface area contributed by atoms with Gasteiger partial charge in [0.05, 0.1) is 12.3 Å². The largest absolute Gasteiger partial charge is 0.497 e. The lowest BCUT2D eigenvalue weighted by molar-refractivity contribution is 0.117. The van der Waals surface area contributed by atoms with Crippen LogP contribution in [0.3, 0.4) is 0 Å². The molecule has 1 N–H and O–H groups in total. The first-order valence-electron chi connectivity index (χ1n) is 6.19. The van der Waals surface area contributed by atoms with Gasteiger partial charge in [-0.25, -0.2) is 0 Å². The second-order valence-electron chi connectivity index (χ2n) is 4.52. The first-order chi connectivity index (χ1) is 8.43. The zero-order valence-electron chi connectivity index (χ0n) is 9.76. The van der Waals surface area contributed by atoms with Crippen LogP contribution in [-0.2, 0) is 4.74 Å². The van der Waals surface area contributed by atoms with Crippen molar-refractivity contribution in [2.45, 2.75) is 25.0 Å². The van der Waals surface area contributed by atoms with E-state index in [1.807, 2.05) is 18.4 Å². The molecule has 0 fully saturated rings. The summed E-state index contributed by atoms with van der Waals surface area (Å²) in [5.74, 6) is 1.01. The molecule has 0 saturated heterocycles. The van der Waals surface area contributed by atoms with E-state index in [2.05, 4.69) is 23.5 Å². The Balaban J connectivity index is 1.58. The van der Waals surface area contributed by atoms with Crippen LogP contribution in [0.1, 0.15) is 24.4 Å². The van der Waals surface area contributed by atoms with Crippen molar-refractivity contribution >= 4 is 0 Å². The van der Waals surface area contributed by atoms with Gasteiger partial charge in [0.1, 0.15) is 18.5 Å². The maximum atomic E-state index is 5.63. The Morgan fingerprint density at radius 1 is 1.29 bits per heavy atom. The second kappa shape index (κ2) is 4.80. The van der Waals surface area contributed by atoms with E-state index in [1.54, 1.807) is 0 Å². The highest BCUT2D eigenvalue weighted by atomic mass is 16.5. The number of ether oxygens (including phenoxy) is 2. The zero-order valence-corrected chi connectivity index (χ0v) is 9.76. The predicted octanol–water partition coefficient (Wildman–Crippen LogP) is 2.40. The Labute approximate surface area is 101 Å². The zero-order chi connectivity index (χ0) is 11.5. The molecule has 2 unspecified atom stereocenters. The van der Waals surface area contributed by atoms with Crippen molar-refractivity contribution in [2.75, 3.05) is 13.2 Å². The first kappa shape index (κ1) is 10.7. The Morgan fingerprint density at radius 3 is 3.12 bits per heavy atom. The van der Waals surface area contributed by atoms with Gasteiger partial charge in [-0.3, -0.25) is 0 Å². The molecular weight excluding hydrogens is 214 g/mol. The molecule has 3 rings (SSSR count). The number of nitrogens with one attached hydrogen (secondary N) is 1. The molecule has 1 aromatic rings. The highest BCUT2D eigenvalue weighted by Gasteiger charge is 2.24. The number of benzene rings is 1. The van der Waals surface area contributed by atoms with Gasteiger partial charge in [0.15, 0.2) is 0 Å². The standard InChI is InChI=1S/C14H17NO2/c1-2-7-14-12(6-1)13(10-17-14)15-9-11-5-3-4-8-16-11/h1-2,4,6-8,11,13,15H,3,5,9-10H2. The van der Waals surface area contributed by atoms with E-state index >= 15 is 0 Å². The van der Waals surface area contributed by atoms with Crippen LogP contribution < -0.4 is 10.1 Å². The summed E-state index contributed by atoms with van der Waals surface area (Å²) in [7, 11) is 0. The number of fused-ring (bicyclic) bond motifs is 1. The van der Waals surface area contributed by atoms with Gasteiger partial charge in [0, 0.05) is 12.1 Å². The van der Waals surface area contributed by atoms with Crippen molar-refractivity contribution in [1.82, 2.24) is 5.32 Å². The minimum Gasteiger partial charge on any atom is -0.497 e. The van der Waals surface area contributed by atoms with Crippen molar-refractivity contribution < 1.29 is 9.47 Å². The molecule has 0 radical (unpaired) electrons. The van der Waals surface area contributed by atoms with Crippen LogP contribution in [0.2, 0.25) is 0 Å². The van der Waals surface area contributed by atoms with Gasteiger partial charge in [-0.2, -0.15) is 0 Å². The van der Waals surface area contributed by atoms with E-state index in [4.69, 9.17) is 9.47 Å². The molecule has 2 aliphatic rings. The monoisotopic (exact) mass is 231 g/mol. The molecule has 0 spiro atoms. The lowest BCUT2D eigenvalue weighted by Crippen LogP contribution is -2.32. The molecule has 0 bridgehead atoms. The summed E-state index contributed by atoms with van der Waals surface area (Å²) in [6.45, 7) is 1.61. The van der Waals surface area contributed by atoms with Crippen molar-refractivity contribution in [3.05, 3.63) is 42.2 Å². The maximum absolute atomic E-state index is 5.63. The van der Waals surface area contributed by atoms with E-state index in [9.17, 15) is 0 Å². The molecule has 2 aliphatic heterocycles. The summed E-state index contributed by atoms with van der Waals surface area (Å²) < 4.78 is 11.2. The molecule has 0 amide bonds. The molecule has 3 heteroatoms. The van der Waals surface area contributed by atoms with E-state index < -0.39 is 0 Å². The number of allylic oxidation sites excluding steroid dienone is 1. The van der Waals surface area contributed by atoms with Crippen LogP contribution in [-0.4, -0.2) is 19.3 Å². The van der Waals surface area contributed by atoms with Gasteiger partial charge >= 0.3 is 0 Å². The quantitative estimate of drug-likeness (QED) is 0.866. The molecule has 17 heavy (non-hydrogen) atoms. The number of hydrogen-bond acceptors (Lipinski definition) is 3. The van der Waals surface area contributed by atoms with Gasteiger partial charge in [-0.1, -0.05) is 18.2 Å². The summed E-state index contributed by atoms with van der Waals surface area (Å²) in [5.41, 5.74) is 1.26. The lowest BCUT2D eigenvalue weighted by atomic mass is 10.1. The second-order valence-corrected chi connectivity index (χ2v) is 4.52. The predicted molar refractivity (Wildman–Crippen MR) is 65.9 cm³/mol. The number of para-hydroxylation sites is 1. The summed E-state index contributed by atoms with van der Waals surface area (Å²) >= 11 is 0. The smallest absolute Gasteiger partial charge is 0.124 e. The molecule has 2 atom stereocenters. The molecule has 0 aromatic heterocycles. The molecule has 2 heterocycles. The summed E-state index contributed by atoms with van der Waals surface area (Å²) in [4.78, 5) is 0. The van der Waals surface area contributed by atoms with Gasteiger partial charge in [0.2, 0.25) is 0 Å². The fraction of sp³-hybridized carbons (Fsp3) is 0.429. The van der Waals surface area contributed by atoms with Crippen molar-refractivity contribution in [1.29, 1.82) is 0 Å². The van der Waals surface area contributed by atoms with Crippen molar-refractivity contribution in [3.63, 3.8) is 0 Å². The number of hydrogen-bond donors (Lipinski definition) is 1. The molecule has 1 aromatic carbocycles. The first-order valence-corrected chi connectivity index (χ1v) is 6.19. The third-order valence-corrected chi connectivity index (χ3v) is 3.31. The van der Waals surface area contributed by atoms with E-state index in [-0.39, 0.29) is 0 Å². The Kier molecular flexibility index (Phi) is 3.01. The highest BCUT2D eigenvalue weighted by Crippen LogP contribution is 2.31. The van der Waals surface area contributed by atoms with Crippen LogP contribution in [0, 0.1) is 0 Å². The van der Waals surface area contributed by atoms with Crippen molar-refractivity contribution in [3.8, 4) is 5.75 Å². The summed E-state index contributed by atoms with van der Waals surface area (Å²) in [6.07, 6.45) is 6.40. The lowest BCUT2D eigenvalue weighted by Gasteiger charge is -2.21. The topological polar surface area (TPSA) is 30.5 Å². The van der Waals surface area contributed by atoms with E-state index in [0.29, 0.717) is 12.1 Å². The molecular formula is C14H17NO2. The molecule has 0 saturated carbocycles. The normalized spacial score (nSPS) is 26.1. The summed E-state index contributed by atoms with van der Waals surface area (Å²) in [6, 6.07) is 8.53. The van der Waals surface area contributed by atoms with Crippen LogP contribution in [0.25, 0.3) is 0 Å². The SMILES string of the molecule is C1=COC(CNC2COc3ccccc32)CC1. The number of rotatable bonds is 3. The summed E-state index contributed by atoms with van der Waals surface area (Å²) in [5, 5.41) is 3.52.